The molecule has 6 nitrogen and oxygen atoms in total. The van der Waals surface area contributed by atoms with Gasteiger partial charge in [0, 0.05) is 18.1 Å². The summed E-state index contributed by atoms with van der Waals surface area (Å²) in [5.74, 6) is -1.34. The van der Waals surface area contributed by atoms with Gasteiger partial charge >= 0.3 is 11.9 Å². The minimum atomic E-state index is -0.646. The molecule has 0 fully saturated rings. The number of ether oxygens (including phenoxy) is 2. The van der Waals surface area contributed by atoms with Crippen LogP contribution < -0.4 is 5.32 Å². The Morgan fingerprint density at radius 1 is 1.00 bits per heavy atom. The van der Waals surface area contributed by atoms with Crippen LogP contribution in [0.25, 0.3) is 0 Å². The molecule has 120 valence electrons. The van der Waals surface area contributed by atoms with Crippen molar-refractivity contribution in [2.75, 3.05) is 13.2 Å². The molecule has 6 heteroatoms. The summed E-state index contributed by atoms with van der Waals surface area (Å²) in [6.07, 6.45) is 2.03. The number of rotatable bonds is 8. The van der Waals surface area contributed by atoms with Gasteiger partial charge in [0.25, 0.3) is 0 Å². The van der Waals surface area contributed by atoms with Crippen molar-refractivity contribution in [3.63, 3.8) is 0 Å². The van der Waals surface area contributed by atoms with E-state index in [-0.39, 0.29) is 37.0 Å². The van der Waals surface area contributed by atoms with Crippen molar-refractivity contribution in [2.45, 2.75) is 40.7 Å². The van der Waals surface area contributed by atoms with Gasteiger partial charge in [-0.2, -0.15) is 0 Å². The van der Waals surface area contributed by atoms with Crippen molar-refractivity contribution in [3.8, 4) is 0 Å². The van der Waals surface area contributed by atoms with Crippen LogP contribution in [0.2, 0.25) is 0 Å². The second kappa shape index (κ2) is 9.96. The molecular formula is C15H25NO5. The Bertz CT molecular complexity index is 388. The van der Waals surface area contributed by atoms with Crippen molar-refractivity contribution >= 4 is 17.8 Å². The third-order valence-corrected chi connectivity index (χ3v) is 2.70. The van der Waals surface area contributed by atoms with Gasteiger partial charge in [-0.25, -0.2) is 9.59 Å². The molecule has 0 aromatic carbocycles. The molecule has 0 aliphatic heterocycles. The molecule has 0 saturated carbocycles. The highest BCUT2D eigenvalue weighted by molar-refractivity contribution is 5.91. The van der Waals surface area contributed by atoms with Crippen molar-refractivity contribution in [1.82, 2.24) is 5.32 Å². The van der Waals surface area contributed by atoms with E-state index in [1.807, 2.05) is 13.8 Å². The zero-order valence-electron chi connectivity index (χ0n) is 13.3. The molecule has 0 heterocycles. The van der Waals surface area contributed by atoms with E-state index in [4.69, 9.17) is 4.74 Å². The lowest BCUT2D eigenvalue weighted by Gasteiger charge is -2.22. The Kier molecular flexibility index (Phi) is 9.08. The van der Waals surface area contributed by atoms with E-state index in [1.165, 1.54) is 0 Å². The van der Waals surface area contributed by atoms with E-state index in [0.717, 1.165) is 12.2 Å². The molecule has 1 unspecified atom stereocenters. The minimum absolute atomic E-state index is 0.0577. The Labute approximate surface area is 125 Å². The molecule has 1 amide bonds. The highest BCUT2D eigenvalue weighted by Gasteiger charge is 2.19. The topological polar surface area (TPSA) is 81.7 Å². The molecule has 0 saturated heterocycles. The van der Waals surface area contributed by atoms with Crippen LogP contribution in [0.3, 0.4) is 0 Å². The number of hydrogen-bond donors (Lipinski definition) is 1. The first-order valence-corrected chi connectivity index (χ1v) is 7.09. The smallest absolute Gasteiger partial charge is 0.331 e. The molecule has 1 N–H and O–H groups in total. The monoisotopic (exact) mass is 299 g/mol. The molecule has 0 aromatic rings. The minimum Gasteiger partial charge on any atom is -0.463 e. The molecule has 0 aliphatic rings. The van der Waals surface area contributed by atoms with E-state index in [9.17, 15) is 14.4 Å². The van der Waals surface area contributed by atoms with E-state index < -0.39 is 11.9 Å². The van der Waals surface area contributed by atoms with Crippen molar-refractivity contribution in [3.05, 3.63) is 12.2 Å². The van der Waals surface area contributed by atoms with Crippen LogP contribution in [0.15, 0.2) is 12.2 Å². The predicted octanol–water partition coefficient (Wildman–Crippen LogP) is 1.45. The highest BCUT2D eigenvalue weighted by Crippen LogP contribution is 2.04. The number of carbonyl (C=O) groups is 3. The van der Waals surface area contributed by atoms with Gasteiger partial charge in [-0.15, -0.1) is 0 Å². The molecule has 0 aromatic heterocycles. The molecular weight excluding hydrogens is 274 g/mol. The number of hydrogen-bond acceptors (Lipinski definition) is 5. The maximum absolute atomic E-state index is 11.7. The molecule has 21 heavy (non-hydrogen) atoms. The number of esters is 2. The normalized spacial score (nSPS) is 12.5. The average Bonchev–Trinajstić information content (AvgIpc) is 2.40. The average molecular weight is 299 g/mol. The van der Waals surface area contributed by atoms with Crippen molar-refractivity contribution < 1.29 is 23.9 Å². The van der Waals surface area contributed by atoms with Crippen LogP contribution in [0.5, 0.6) is 0 Å². The maximum Gasteiger partial charge on any atom is 0.331 e. The summed E-state index contributed by atoms with van der Waals surface area (Å²) in [6, 6.07) is -0.264. The summed E-state index contributed by atoms with van der Waals surface area (Å²) in [6.45, 7) is 9.41. The summed E-state index contributed by atoms with van der Waals surface area (Å²) in [4.78, 5) is 34.2. The van der Waals surface area contributed by atoms with Gasteiger partial charge in [0.2, 0.25) is 5.91 Å². The first-order valence-electron chi connectivity index (χ1n) is 7.09. The second-order valence-corrected chi connectivity index (χ2v) is 5.23. The zero-order valence-corrected chi connectivity index (χ0v) is 13.3. The van der Waals surface area contributed by atoms with Gasteiger partial charge in [0.1, 0.15) is 6.61 Å². The van der Waals surface area contributed by atoms with E-state index in [0.29, 0.717) is 0 Å². The largest absolute Gasteiger partial charge is 0.463 e. The van der Waals surface area contributed by atoms with E-state index in [2.05, 4.69) is 10.1 Å². The number of nitrogens with one attached hydrogen (secondary N) is 1. The summed E-state index contributed by atoms with van der Waals surface area (Å²) < 4.78 is 9.67. The van der Waals surface area contributed by atoms with Gasteiger partial charge < -0.3 is 14.8 Å². The fraction of sp³-hybridized carbons (Fsp3) is 0.667. The lowest BCUT2D eigenvalue weighted by Crippen LogP contribution is -2.44. The third-order valence-electron chi connectivity index (χ3n) is 2.70. The third kappa shape index (κ3) is 8.83. The fourth-order valence-electron chi connectivity index (χ4n) is 1.30. The van der Waals surface area contributed by atoms with Crippen molar-refractivity contribution in [1.29, 1.82) is 0 Å². The summed E-state index contributed by atoms with van der Waals surface area (Å²) in [5, 5.41) is 2.82. The Morgan fingerprint density at radius 3 is 1.95 bits per heavy atom. The van der Waals surface area contributed by atoms with Crippen LogP contribution in [-0.4, -0.2) is 37.1 Å². The quantitative estimate of drug-likeness (QED) is 0.542. The molecule has 0 spiro atoms. The standard InChI is InChI=1S/C15H25NO5/c1-6-20-13(17)7-8-14(18)21-9-12(10(2)3)16-15(19)11(4)5/h7-8,10-12H,6,9H2,1-5H3,(H,16,19)/b8-7+. The molecule has 0 bridgehead atoms. The summed E-state index contributed by atoms with van der Waals surface area (Å²) >= 11 is 0. The van der Waals surface area contributed by atoms with Crippen LogP contribution in [0, 0.1) is 11.8 Å². The number of amides is 1. The van der Waals surface area contributed by atoms with E-state index >= 15 is 0 Å². The van der Waals surface area contributed by atoms with Gasteiger partial charge in [-0.1, -0.05) is 27.7 Å². The fourth-order valence-corrected chi connectivity index (χ4v) is 1.30. The lowest BCUT2D eigenvalue weighted by molar-refractivity contribution is -0.141. The molecule has 0 aliphatic carbocycles. The zero-order chi connectivity index (χ0) is 16.4. The first kappa shape index (κ1) is 19.1. The summed E-state index contributed by atoms with van der Waals surface area (Å²) in [5.41, 5.74) is 0. The summed E-state index contributed by atoms with van der Waals surface area (Å²) in [7, 11) is 0. The first-order chi connectivity index (χ1) is 9.77. The van der Waals surface area contributed by atoms with Gasteiger partial charge in [0.15, 0.2) is 0 Å². The van der Waals surface area contributed by atoms with Gasteiger partial charge in [-0.05, 0) is 12.8 Å². The predicted molar refractivity (Wildman–Crippen MR) is 78.3 cm³/mol. The number of carbonyl (C=O) groups excluding carboxylic acids is 3. The molecule has 0 rings (SSSR count). The van der Waals surface area contributed by atoms with Crippen LogP contribution in [0.1, 0.15) is 34.6 Å². The lowest BCUT2D eigenvalue weighted by atomic mass is 10.0. The molecule has 1 atom stereocenters. The van der Waals surface area contributed by atoms with Crippen LogP contribution in [-0.2, 0) is 23.9 Å². The Hall–Kier alpha value is -1.85. The van der Waals surface area contributed by atoms with E-state index in [1.54, 1.807) is 20.8 Å². The highest BCUT2D eigenvalue weighted by atomic mass is 16.5. The molecule has 0 radical (unpaired) electrons. The van der Waals surface area contributed by atoms with Gasteiger partial charge in [0.05, 0.1) is 12.6 Å². The second-order valence-electron chi connectivity index (χ2n) is 5.23. The van der Waals surface area contributed by atoms with Gasteiger partial charge in [-0.3, -0.25) is 4.79 Å². The SMILES string of the molecule is CCOC(=O)/C=C/C(=O)OCC(NC(=O)C(C)C)C(C)C. The Balaban J connectivity index is 4.33. The maximum atomic E-state index is 11.7. The van der Waals surface area contributed by atoms with Crippen molar-refractivity contribution in [2.24, 2.45) is 11.8 Å². The van der Waals surface area contributed by atoms with Crippen LogP contribution in [0.4, 0.5) is 0 Å². The van der Waals surface area contributed by atoms with Crippen LogP contribution >= 0.6 is 0 Å². The Morgan fingerprint density at radius 2 is 1.52 bits per heavy atom.